The molecule has 0 aromatic heterocycles. The summed E-state index contributed by atoms with van der Waals surface area (Å²) in [7, 11) is 0. The Morgan fingerprint density at radius 2 is 1.79 bits per heavy atom. The monoisotopic (exact) mass is 382 g/mol. The Labute approximate surface area is 166 Å². The molecule has 3 rings (SSSR count). The summed E-state index contributed by atoms with van der Waals surface area (Å²) in [5.41, 5.74) is 2.01. The maximum absolute atomic E-state index is 12.7. The van der Waals surface area contributed by atoms with Gasteiger partial charge in [0.05, 0.1) is 18.7 Å². The van der Waals surface area contributed by atoms with Crippen molar-refractivity contribution in [2.75, 3.05) is 13.2 Å². The SMILES string of the molecule is O=C(N[C@H](CO)[C@@H](O)c1ccccc1)[C@H]1C[C@@H](CCc2ccccc2)CCN1. The third-order valence-electron chi connectivity index (χ3n) is 5.56. The van der Waals surface area contributed by atoms with Crippen LogP contribution in [-0.4, -0.2) is 41.4 Å². The standard InChI is InChI=1S/C23H30N2O3/c26-16-21(22(27)19-9-5-2-6-10-19)25-23(28)20-15-18(13-14-24-20)12-11-17-7-3-1-4-8-17/h1-10,18,20-22,24,26-27H,11-16H2,(H,25,28)/t18-,20+,21+,22-/m0/s1. The Morgan fingerprint density at radius 1 is 1.11 bits per heavy atom. The smallest absolute Gasteiger partial charge is 0.237 e. The van der Waals surface area contributed by atoms with Crippen molar-refractivity contribution in [3.8, 4) is 0 Å². The lowest BCUT2D eigenvalue weighted by Crippen LogP contribution is -2.53. The summed E-state index contributed by atoms with van der Waals surface area (Å²) in [4.78, 5) is 12.7. The molecule has 0 spiro atoms. The van der Waals surface area contributed by atoms with E-state index >= 15 is 0 Å². The number of hydrogen-bond acceptors (Lipinski definition) is 4. The van der Waals surface area contributed by atoms with E-state index in [4.69, 9.17) is 0 Å². The van der Waals surface area contributed by atoms with Crippen molar-refractivity contribution < 1.29 is 15.0 Å². The van der Waals surface area contributed by atoms with Gasteiger partial charge in [0.2, 0.25) is 5.91 Å². The summed E-state index contributed by atoms with van der Waals surface area (Å²) in [6.45, 7) is 0.495. The van der Waals surface area contributed by atoms with Gasteiger partial charge >= 0.3 is 0 Å². The van der Waals surface area contributed by atoms with Crippen LogP contribution in [0.15, 0.2) is 60.7 Å². The van der Waals surface area contributed by atoms with Gasteiger partial charge in [-0.05, 0) is 49.3 Å². The number of aliphatic hydroxyl groups excluding tert-OH is 2. The highest BCUT2D eigenvalue weighted by Crippen LogP contribution is 2.23. The highest BCUT2D eigenvalue weighted by Gasteiger charge is 2.30. The number of aliphatic hydroxyl groups is 2. The topological polar surface area (TPSA) is 81.6 Å². The molecule has 1 fully saturated rings. The van der Waals surface area contributed by atoms with Crippen molar-refractivity contribution in [1.82, 2.24) is 10.6 Å². The fourth-order valence-electron chi connectivity index (χ4n) is 3.86. The van der Waals surface area contributed by atoms with Gasteiger partial charge in [-0.1, -0.05) is 60.7 Å². The van der Waals surface area contributed by atoms with E-state index in [1.807, 2.05) is 24.3 Å². The first kappa shape index (κ1) is 20.5. The number of amides is 1. The van der Waals surface area contributed by atoms with Crippen LogP contribution in [0.5, 0.6) is 0 Å². The number of aryl methyl sites for hydroxylation is 1. The molecular formula is C23H30N2O3. The van der Waals surface area contributed by atoms with Crippen molar-refractivity contribution in [3.63, 3.8) is 0 Å². The lowest BCUT2D eigenvalue weighted by Gasteiger charge is -2.31. The fourth-order valence-corrected chi connectivity index (χ4v) is 3.86. The van der Waals surface area contributed by atoms with Crippen molar-refractivity contribution in [1.29, 1.82) is 0 Å². The van der Waals surface area contributed by atoms with Crippen molar-refractivity contribution in [3.05, 3.63) is 71.8 Å². The molecule has 1 amide bonds. The molecule has 0 unspecified atom stereocenters. The van der Waals surface area contributed by atoms with E-state index < -0.39 is 12.1 Å². The van der Waals surface area contributed by atoms with Gasteiger partial charge in [-0.25, -0.2) is 0 Å². The minimum absolute atomic E-state index is 0.154. The molecule has 4 N–H and O–H groups in total. The minimum atomic E-state index is -0.937. The zero-order chi connectivity index (χ0) is 19.8. The van der Waals surface area contributed by atoms with Gasteiger partial charge in [-0.2, -0.15) is 0 Å². The molecule has 2 aromatic rings. The Kier molecular flexibility index (Phi) is 7.60. The summed E-state index contributed by atoms with van der Waals surface area (Å²) < 4.78 is 0. The average Bonchev–Trinajstić information content (AvgIpc) is 2.77. The summed E-state index contributed by atoms with van der Waals surface area (Å²) in [5.74, 6) is 0.335. The van der Waals surface area contributed by atoms with E-state index in [-0.39, 0.29) is 18.6 Å². The van der Waals surface area contributed by atoms with E-state index in [0.29, 0.717) is 11.5 Å². The number of rotatable bonds is 8. The van der Waals surface area contributed by atoms with E-state index in [9.17, 15) is 15.0 Å². The molecule has 1 aliphatic heterocycles. The minimum Gasteiger partial charge on any atom is -0.394 e. The van der Waals surface area contributed by atoms with Gasteiger partial charge in [-0.15, -0.1) is 0 Å². The Bertz CT molecular complexity index is 723. The highest BCUT2D eigenvalue weighted by atomic mass is 16.3. The predicted octanol–water partition coefficient (Wildman–Crippen LogP) is 2.20. The molecule has 4 atom stereocenters. The molecular weight excluding hydrogens is 352 g/mol. The van der Waals surface area contributed by atoms with Gasteiger partial charge in [0.25, 0.3) is 0 Å². The number of benzene rings is 2. The van der Waals surface area contributed by atoms with E-state index in [0.717, 1.165) is 32.2 Å². The number of hydrogen-bond donors (Lipinski definition) is 4. The van der Waals surface area contributed by atoms with Crippen LogP contribution in [0.25, 0.3) is 0 Å². The first-order valence-electron chi connectivity index (χ1n) is 10.1. The molecule has 150 valence electrons. The maximum Gasteiger partial charge on any atom is 0.237 e. The molecule has 28 heavy (non-hydrogen) atoms. The van der Waals surface area contributed by atoms with Crippen LogP contribution in [0.4, 0.5) is 0 Å². The van der Waals surface area contributed by atoms with E-state index in [1.54, 1.807) is 12.1 Å². The molecule has 1 heterocycles. The van der Waals surface area contributed by atoms with Crippen LogP contribution < -0.4 is 10.6 Å². The van der Waals surface area contributed by atoms with Crippen LogP contribution >= 0.6 is 0 Å². The van der Waals surface area contributed by atoms with Gasteiger partial charge in [-0.3, -0.25) is 4.79 Å². The molecule has 5 heteroatoms. The van der Waals surface area contributed by atoms with E-state index in [1.165, 1.54) is 5.56 Å². The number of carbonyl (C=O) groups is 1. The first-order valence-corrected chi connectivity index (χ1v) is 10.1. The second-order valence-electron chi connectivity index (χ2n) is 7.57. The molecule has 2 aromatic carbocycles. The Balaban J connectivity index is 1.52. The van der Waals surface area contributed by atoms with Crippen molar-refractivity contribution >= 4 is 5.91 Å². The van der Waals surface area contributed by atoms with Gasteiger partial charge in [0.15, 0.2) is 0 Å². The largest absolute Gasteiger partial charge is 0.394 e. The van der Waals surface area contributed by atoms with Gasteiger partial charge in [0.1, 0.15) is 6.10 Å². The normalized spacial score (nSPS) is 21.6. The van der Waals surface area contributed by atoms with Crippen molar-refractivity contribution in [2.24, 2.45) is 5.92 Å². The van der Waals surface area contributed by atoms with Crippen molar-refractivity contribution in [2.45, 2.75) is 43.9 Å². The summed E-state index contributed by atoms with van der Waals surface area (Å²) in [5, 5.41) is 26.3. The van der Waals surface area contributed by atoms with Crippen LogP contribution in [0.3, 0.4) is 0 Å². The fraction of sp³-hybridized carbons (Fsp3) is 0.435. The molecule has 0 radical (unpaired) electrons. The first-order chi connectivity index (χ1) is 13.7. The maximum atomic E-state index is 12.7. The molecule has 0 bridgehead atoms. The predicted molar refractivity (Wildman–Crippen MR) is 110 cm³/mol. The summed E-state index contributed by atoms with van der Waals surface area (Å²) in [6.07, 6.45) is 2.98. The zero-order valence-electron chi connectivity index (χ0n) is 16.1. The van der Waals surface area contributed by atoms with Gasteiger partial charge < -0.3 is 20.8 Å². The number of piperidine rings is 1. The molecule has 5 nitrogen and oxygen atoms in total. The second kappa shape index (κ2) is 10.4. The third kappa shape index (κ3) is 5.64. The third-order valence-corrected chi connectivity index (χ3v) is 5.56. The Hall–Kier alpha value is -2.21. The van der Waals surface area contributed by atoms with E-state index in [2.05, 4.69) is 34.9 Å². The van der Waals surface area contributed by atoms with Crippen LogP contribution in [0, 0.1) is 5.92 Å². The second-order valence-corrected chi connectivity index (χ2v) is 7.57. The zero-order valence-corrected chi connectivity index (χ0v) is 16.1. The average molecular weight is 383 g/mol. The molecule has 0 saturated carbocycles. The lowest BCUT2D eigenvalue weighted by molar-refractivity contribution is -0.126. The van der Waals surface area contributed by atoms with Gasteiger partial charge in [0, 0.05) is 0 Å². The highest BCUT2D eigenvalue weighted by molar-refractivity contribution is 5.82. The Morgan fingerprint density at radius 3 is 2.46 bits per heavy atom. The van der Waals surface area contributed by atoms with Crippen LogP contribution in [-0.2, 0) is 11.2 Å². The number of nitrogens with one attached hydrogen (secondary N) is 2. The van der Waals surface area contributed by atoms with Crippen LogP contribution in [0.1, 0.15) is 36.5 Å². The molecule has 0 aliphatic carbocycles. The summed E-state index contributed by atoms with van der Waals surface area (Å²) in [6, 6.07) is 18.5. The quantitative estimate of drug-likeness (QED) is 0.564. The lowest BCUT2D eigenvalue weighted by atomic mass is 9.87. The van der Waals surface area contributed by atoms with Crippen LogP contribution in [0.2, 0.25) is 0 Å². The number of carbonyl (C=O) groups excluding carboxylic acids is 1. The molecule has 1 saturated heterocycles. The summed E-state index contributed by atoms with van der Waals surface area (Å²) >= 11 is 0. The molecule has 1 aliphatic rings.